The molecule has 0 radical (unpaired) electrons. The van der Waals surface area contributed by atoms with Crippen molar-refractivity contribution in [1.82, 2.24) is 10.6 Å². The van der Waals surface area contributed by atoms with Crippen molar-refractivity contribution in [3.63, 3.8) is 0 Å². The predicted molar refractivity (Wildman–Crippen MR) is 113 cm³/mol. The second-order valence-electron chi connectivity index (χ2n) is 5.62. The fraction of sp³-hybridized carbons (Fsp3) is 0.316. The number of nitrogens with zero attached hydrogens (tertiary/aromatic N) is 1. The number of aliphatic hydroxyl groups excluding tert-OH is 1. The summed E-state index contributed by atoms with van der Waals surface area (Å²) in [5, 5.41) is 15.9. The van der Waals surface area contributed by atoms with Crippen molar-refractivity contribution in [1.29, 1.82) is 0 Å². The van der Waals surface area contributed by atoms with E-state index in [4.69, 9.17) is 0 Å². The Morgan fingerprint density at radius 2 is 1.85 bits per heavy atom. The Labute approximate surface area is 174 Å². The van der Waals surface area contributed by atoms with Crippen LogP contribution in [0.3, 0.4) is 0 Å². The molecule has 0 spiro atoms. The van der Waals surface area contributed by atoms with E-state index in [1.807, 2.05) is 30.3 Å². The Hall–Kier alpha value is -1.94. The van der Waals surface area contributed by atoms with Gasteiger partial charge in [-0.3, -0.25) is 4.99 Å². The Bertz CT molecular complexity index is 702. The third-order valence-corrected chi connectivity index (χ3v) is 3.81. The topological polar surface area (TPSA) is 65.9 Å². The molecule has 0 amide bonds. The molecule has 2 aromatic carbocycles. The monoisotopic (exact) mass is 491 g/mol. The number of aliphatic hydroxyl groups is 1. The van der Waals surface area contributed by atoms with Gasteiger partial charge < -0.3 is 20.5 Å². The average molecular weight is 491 g/mol. The van der Waals surface area contributed by atoms with Crippen molar-refractivity contribution in [2.45, 2.75) is 19.1 Å². The van der Waals surface area contributed by atoms with Crippen molar-refractivity contribution < 1.29 is 18.6 Å². The fourth-order valence-corrected chi connectivity index (χ4v) is 2.47. The number of alkyl halides is 2. The smallest absolute Gasteiger partial charge is 0.387 e. The minimum atomic E-state index is -2.85. The molecule has 0 aromatic heterocycles. The molecule has 1 unspecified atom stereocenters. The highest BCUT2D eigenvalue weighted by molar-refractivity contribution is 14.0. The van der Waals surface area contributed by atoms with Gasteiger partial charge in [-0.1, -0.05) is 42.5 Å². The molecule has 148 valence electrons. The summed E-state index contributed by atoms with van der Waals surface area (Å²) >= 11 is 0. The lowest BCUT2D eigenvalue weighted by Gasteiger charge is -2.18. The maximum absolute atomic E-state index is 12.3. The molecule has 0 bridgehead atoms. The molecule has 0 saturated carbocycles. The molecule has 0 aliphatic heterocycles. The van der Waals surface area contributed by atoms with Gasteiger partial charge in [-0.25, -0.2) is 0 Å². The zero-order chi connectivity index (χ0) is 18.8. The average Bonchev–Trinajstić information content (AvgIpc) is 2.65. The van der Waals surface area contributed by atoms with E-state index in [2.05, 4.69) is 20.4 Å². The summed E-state index contributed by atoms with van der Waals surface area (Å²) in [4.78, 5) is 4.14. The summed E-state index contributed by atoms with van der Waals surface area (Å²) in [6.07, 6.45) is 0. The number of rotatable bonds is 8. The number of hydrogen-bond acceptors (Lipinski definition) is 3. The van der Waals surface area contributed by atoms with Crippen LogP contribution in [-0.2, 0) is 6.54 Å². The number of halogens is 3. The van der Waals surface area contributed by atoms with Gasteiger partial charge in [0.25, 0.3) is 0 Å². The van der Waals surface area contributed by atoms with Gasteiger partial charge in [0, 0.05) is 26.1 Å². The van der Waals surface area contributed by atoms with Gasteiger partial charge >= 0.3 is 6.61 Å². The van der Waals surface area contributed by atoms with Crippen molar-refractivity contribution >= 4 is 29.9 Å². The van der Waals surface area contributed by atoms with Crippen LogP contribution in [-0.4, -0.2) is 37.9 Å². The van der Waals surface area contributed by atoms with Crippen LogP contribution >= 0.6 is 24.0 Å². The van der Waals surface area contributed by atoms with Crippen LogP contribution < -0.4 is 15.4 Å². The standard InChI is InChI=1S/C19H23F2N3O2.HI/c1-22-19(24-12-16(13-25)15-7-3-2-4-8-15)23-11-14-6-5-9-17(10-14)26-18(20)21;/h2-10,16,18,25H,11-13H2,1H3,(H2,22,23,24);1H. The Balaban J connectivity index is 0.00000364. The van der Waals surface area contributed by atoms with Crippen LogP contribution in [0.15, 0.2) is 59.6 Å². The van der Waals surface area contributed by atoms with E-state index in [1.165, 1.54) is 6.07 Å². The van der Waals surface area contributed by atoms with Crippen molar-refractivity contribution in [2.24, 2.45) is 4.99 Å². The number of ether oxygens (including phenoxy) is 1. The van der Waals surface area contributed by atoms with E-state index in [0.717, 1.165) is 11.1 Å². The molecule has 27 heavy (non-hydrogen) atoms. The minimum absolute atomic E-state index is 0. The van der Waals surface area contributed by atoms with Gasteiger partial charge in [0.05, 0.1) is 6.61 Å². The molecule has 0 saturated heterocycles. The van der Waals surface area contributed by atoms with Gasteiger partial charge in [0.2, 0.25) is 0 Å². The van der Waals surface area contributed by atoms with Gasteiger partial charge in [-0.15, -0.1) is 24.0 Å². The molecule has 0 aliphatic carbocycles. The number of hydrogen-bond donors (Lipinski definition) is 3. The Morgan fingerprint density at radius 3 is 2.48 bits per heavy atom. The normalized spacial score (nSPS) is 12.3. The predicted octanol–water partition coefficient (Wildman–Crippen LogP) is 3.35. The van der Waals surface area contributed by atoms with Crippen molar-refractivity contribution in [3.05, 3.63) is 65.7 Å². The largest absolute Gasteiger partial charge is 0.435 e. The highest BCUT2D eigenvalue weighted by Gasteiger charge is 2.11. The Kier molecular flexibility index (Phi) is 10.6. The molecule has 0 heterocycles. The van der Waals surface area contributed by atoms with E-state index in [0.29, 0.717) is 19.0 Å². The van der Waals surface area contributed by atoms with Gasteiger partial charge in [-0.2, -0.15) is 8.78 Å². The lowest BCUT2D eigenvalue weighted by molar-refractivity contribution is -0.0498. The number of guanidine groups is 1. The van der Waals surface area contributed by atoms with E-state index >= 15 is 0 Å². The third kappa shape index (κ3) is 8.08. The quantitative estimate of drug-likeness (QED) is 0.301. The van der Waals surface area contributed by atoms with Gasteiger partial charge in [-0.05, 0) is 23.3 Å². The molecule has 8 heteroatoms. The SMILES string of the molecule is CN=C(NCc1cccc(OC(F)F)c1)NCC(CO)c1ccccc1.I. The van der Waals surface area contributed by atoms with Crippen LogP contribution in [0.2, 0.25) is 0 Å². The molecule has 3 N–H and O–H groups in total. The molecule has 1 atom stereocenters. The lowest BCUT2D eigenvalue weighted by Crippen LogP contribution is -2.39. The number of aliphatic imine (C=N–C) groups is 1. The molecule has 2 rings (SSSR count). The van der Waals surface area contributed by atoms with Gasteiger partial charge in [0.1, 0.15) is 5.75 Å². The minimum Gasteiger partial charge on any atom is -0.435 e. The molecule has 0 fully saturated rings. The van der Waals surface area contributed by atoms with E-state index < -0.39 is 6.61 Å². The van der Waals surface area contributed by atoms with Crippen LogP contribution in [0, 0.1) is 0 Å². The van der Waals surface area contributed by atoms with Crippen LogP contribution in [0.1, 0.15) is 17.0 Å². The zero-order valence-electron chi connectivity index (χ0n) is 14.9. The Morgan fingerprint density at radius 1 is 1.11 bits per heavy atom. The van der Waals surface area contributed by atoms with Gasteiger partial charge in [0.15, 0.2) is 5.96 Å². The van der Waals surface area contributed by atoms with Crippen molar-refractivity contribution in [2.75, 3.05) is 20.2 Å². The molecular weight excluding hydrogens is 467 g/mol. The van der Waals surface area contributed by atoms with Crippen LogP contribution in [0.25, 0.3) is 0 Å². The lowest BCUT2D eigenvalue weighted by atomic mass is 10.0. The first-order valence-corrected chi connectivity index (χ1v) is 8.26. The first kappa shape index (κ1) is 23.1. The molecule has 5 nitrogen and oxygen atoms in total. The van der Waals surface area contributed by atoms with E-state index in [1.54, 1.807) is 25.2 Å². The third-order valence-electron chi connectivity index (χ3n) is 3.81. The summed E-state index contributed by atoms with van der Waals surface area (Å²) in [7, 11) is 1.64. The maximum atomic E-state index is 12.3. The first-order chi connectivity index (χ1) is 12.6. The summed E-state index contributed by atoms with van der Waals surface area (Å²) in [5.41, 5.74) is 1.82. The molecule has 0 aliphatic rings. The first-order valence-electron chi connectivity index (χ1n) is 8.26. The number of nitrogens with one attached hydrogen (secondary N) is 2. The maximum Gasteiger partial charge on any atom is 0.387 e. The second kappa shape index (κ2) is 12.4. The summed E-state index contributed by atoms with van der Waals surface area (Å²) in [6.45, 7) is -1.92. The second-order valence-corrected chi connectivity index (χ2v) is 5.62. The molecular formula is C19H24F2IN3O2. The van der Waals surface area contributed by atoms with Crippen molar-refractivity contribution in [3.8, 4) is 5.75 Å². The molecule has 2 aromatic rings. The van der Waals surface area contributed by atoms with E-state index in [9.17, 15) is 13.9 Å². The summed E-state index contributed by atoms with van der Waals surface area (Å²) < 4.78 is 29.0. The fourth-order valence-electron chi connectivity index (χ4n) is 2.47. The summed E-state index contributed by atoms with van der Waals surface area (Å²) in [5.74, 6) is 0.615. The van der Waals surface area contributed by atoms with Crippen LogP contribution in [0.5, 0.6) is 5.75 Å². The van der Waals surface area contributed by atoms with Crippen LogP contribution in [0.4, 0.5) is 8.78 Å². The zero-order valence-corrected chi connectivity index (χ0v) is 17.3. The number of benzene rings is 2. The van der Waals surface area contributed by atoms with E-state index in [-0.39, 0.29) is 42.3 Å². The summed E-state index contributed by atoms with van der Waals surface area (Å²) in [6, 6.07) is 16.2. The highest BCUT2D eigenvalue weighted by atomic mass is 127. The highest BCUT2D eigenvalue weighted by Crippen LogP contribution is 2.16.